The molecule has 1 atom stereocenters. The van der Waals surface area contributed by atoms with E-state index in [1.807, 2.05) is 11.4 Å². The Bertz CT molecular complexity index is 718. The van der Waals surface area contributed by atoms with E-state index in [1.54, 1.807) is 23.5 Å². The number of hydrogen-bond acceptors (Lipinski definition) is 5. The topological polar surface area (TPSA) is 50.8 Å². The van der Waals surface area contributed by atoms with Crippen molar-refractivity contribution in [1.29, 1.82) is 0 Å². The number of thiophene rings is 1. The summed E-state index contributed by atoms with van der Waals surface area (Å²) in [6.45, 7) is 3.64. The Hall–Kier alpha value is -1.96. The van der Waals surface area contributed by atoms with Gasteiger partial charge in [0.15, 0.2) is 11.6 Å². The second-order valence-corrected chi connectivity index (χ2v) is 7.11. The number of morpholine rings is 1. The number of nitrogens with one attached hydrogen (secondary N) is 1. The van der Waals surface area contributed by atoms with Crippen LogP contribution in [0.5, 0.6) is 5.75 Å². The fourth-order valence-corrected chi connectivity index (χ4v) is 3.92. The van der Waals surface area contributed by atoms with Gasteiger partial charge in [-0.15, -0.1) is 11.3 Å². The molecule has 140 valence electrons. The molecule has 2 heterocycles. The number of halogens is 1. The summed E-state index contributed by atoms with van der Waals surface area (Å²) in [6, 6.07) is 8.85. The lowest BCUT2D eigenvalue weighted by Crippen LogP contribution is -2.43. The quantitative estimate of drug-likeness (QED) is 0.805. The first-order chi connectivity index (χ1) is 12.7. The molecule has 1 fully saturated rings. The van der Waals surface area contributed by atoms with Crippen LogP contribution in [0, 0.1) is 5.82 Å². The third-order valence-electron chi connectivity index (χ3n) is 4.43. The maximum absolute atomic E-state index is 13.8. The van der Waals surface area contributed by atoms with Gasteiger partial charge in [-0.1, -0.05) is 12.1 Å². The molecule has 3 rings (SSSR count). The molecule has 1 aliphatic rings. The lowest BCUT2D eigenvalue weighted by molar-refractivity contribution is -0.120. The number of ether oxygens (including phenoxy) is 2. The molecule has 1 aromatic carbocycles. The van der Waals surface area contributed by atoms with Crippen molar-refractivity contribution in [3.05, 3.63) is 52.0 Å². The third kappa shape index (κ3) is 4.81. The molecular weight excluding hydrogens is 355 g/mol. The molecule has 1 aliphatic heterocycles. The Morgan fingerprint density at radius 2 is 2.19 bits per heavy atom. The average Bonchev–Trinajstić information content (AvgIpc) is 3.17. The smallest absolute Gasteiger partial charge is 0.224 e. The highest BCUT2D eigenvalue weighted by Gasteiger charge is 2.24. The van der Waals surface area contributed by atoms with Gasteiger partial charge in [0.1, 0.15) is 0 Å². The van der Waals surface area contributed by atoms with Gasteiger partial charge >= 0.3 is 0 Å². The number of methoxy groups -OCH3 is 1. The first-order valence-corrected chi connectivity index (χ1v) is 9.49. The van der Waals surface area contributed by atoms with Crippen molar-refractivity contribution in [2.75, 3.05) is 40.0 Å². The molecule has 1 amide bonds. The minimum Gasteiger partial charge on any atom is -0.494 e. The van der Waals surface area contributed by atoms with E-state index in [2.05, 4.69) is 16.3 Å². The van der Waals surface area contributed by atoms with Crippen molar-refractivity contribution in [1.82, 2.24) is 10.2 Å². The van der Waals surface area contributed by atoms with E-state index in [1.165, 1.54) is 18.1 Å². The summed E-state index contributed by atoms with van der Waals surface area (Å²) in [7, 11) is 1.42. The van der Waals surface area contributed by atoms with Crippen LogP contribution in [-0.4, -0.2) is 50.8 Å². The molecule has 0 spiro atoms. The van der Waals surface area contributed by atoms with E-state index in [9.17, 15) is 9.18 Å². The maximum atomic E-state index is 13.8. The molecule has 5 nitrogen and oxygen atoms in total. The van der Waals surface area contributed by atoms with Crippen molar-refractivity contribution >= 4 is 17.2 Å². The highest BCUT2D eigenvalue weighted by Crippen LogP contribution is 2.25. The van der Waals surface area contributed by atoms with E-state index >= 15 is 0 Å². The molecule has 1 aromatic heterocycles. The van der Waals surface area contributed by atoms with Crippen molar-refractivity contribution < 1.29 is 18.7 Å². The second kappa shape index (κ2) is 9.12. The van der Waals surface area contributed by atoms with Gasteiger partial charge in [-0.05, 0) is 29.1 Å². The first kappa shape index (κ1) is 18.8. The number of carbonyl (C=O) groups excluding carboxylic acids is 1. The Labute approximate surface area is 156 Å². The zero-order chi connectivity index (χ0) is 18.4. The molecule has 0 bridgehead atoms. The summed E-state index contributed by atoms with van der Waals surface area (Å²) in [5.41, 5.74) is 0.625. The monoisotopic (exact) mass is 378 g/mol. The molecular formula is C19H23FN2O3S. The standard InChI is InChI=1S/C19H23FN2O3S/c1-24-17-5-4-14(11-15(17)20)12-19(23)21-13-16(18-3-2-10-26-18)22-6-8-25-9-7-22/h2-5,10-11,16H,6-9,12-13H2,1H3,(H,21,23). The van der Waals surface area contributed by atoms with Crippen LogP contribution in [0.2, 0.25) is 0 Å². The van der Waals surface area contributed by atoms with Gasteiger partial charge in [-0.3, -0.25) is 9.69 Å². The Morgan fingerprint density at radius 1 is 1.38 bits per heavy atom. The number of benzene rings is 1. The van der Waals surface area contributed by atoms with Gasteiger partial charge in [0, 0.05) is 24.5 Å². The highest BCUT2D eigenvalue weighted by molar-refractivity contribution is 7.10. The van der Waals surface area contributed by atoms with Gasteiger partial charge < -0.3 is 14.8 Å². The molecule has 1 unspecified atom stereocenters. The lowest BCUT2D eigenvalue weighted by Gasteiger charge is -2.34. The third-order valence-corrected chi connectivity index (χ3v) is 5.41. The molecule has 1 N–H and O–H groups in total. The van der Waals surface area contributed by atoms with Crippen molar-refractivity contribution in [2.24, 2.45) is 0 Å². The van der Waals surface area contributed by atoms with Crippen LogP contribution in [0.4, 0.5) is 4.39 Å². The maximum Gasteiger partial charge on any atom is 0.224 e. The van der Waals surface area contributed by atoms with Crippen LogP contribution in [0.3, 0.4) is 0 Å². The van der Waals surface area contributed by atoms with Crippen molar-refractivity contribution in [3.63, 3.8) is 0 Å². The number of carbonyl (C=O) groups is 1. The highest BCUT2D eigenvalue weighted by atomic mass is 32.1. The molecule has 0 radical (unpaired) electrons. The summed E-state index contributed by atoms with van der Waals surface area (Å²) in [6.07, 6.45) is 0.140. The van der Waals surface area contributed by atoms with Crippen LogP contribution >= 0.6 is 11.3 Å². The van der Waals surface area contributed by atoms with Crippen molar-refractivity contribution in [3.8, 4) is 5.75 Å². The minimum atomic E-state index is -0.456. The van der Waals surface area contributed by atoms with Gasteiger partial charge in [-0.2, -0.15) is 0 Å². The lowest BCUT2D eigenvalue weighted by atomic mass is 10.1. The van der Waals surface area contributed by atoms with Crippen molar-refractivity contribution in [2.45, 2.75) is 12.5 Å². The number of nitrogens with zero attached hydrogens (tertiary/aromatic N) is 1. The molecule has 26 heavy (non-hydrogen) atoms. The van der Waals surface area contributed by atoms with Gasteiger partial charge in [-0.25, -0.2) is 4.39 Å². The van der Waals surface area contributed by atoms with Crippen LogP contribution in [0.25, 0.3) is 0 Å². The number of hydrogen-bond donors (Lipinski definition) is 1. The molecule has 0 aliphatic carbocycles. The molecule has 2 aromatic rings. The van der Waals surface area contributed by atoms with E-state index in [0.29, 0.717) is 25.3 Å². The van der Waals surface area contributed by atoms with E-state index in [0.717, 1.165) is 13.1 Å². The second-order valence-electron chi connectivity index (χ2n) is 6.13. The number of rotatable bonds is 7. The Kier molecular flexibility index (Phi) is 6.60. The molecule has 7 heteroatoms. The predicted octanol–water partition coefficient (Wildman–Crippen LogP) is 2.63. The van der Waals surface area contributed by atoms with Gasteiger partial charge in [0.2, 0.25) is 5.91 Å². The Morgan fingerprint density at radius 3 is 2.85 bits per heavy atom. The SMILES string of the molecule is COc1ccc(CC(=O)NCC(c2cccs2)N2CCOCC2)cc1F. The van der Waals surface area contributed by atoms with Crippen LogP contribution in [-0.2, 0) is 16.0 Å². The minimum absolute atomic E-state index is 0.121. The number of amides is 1. The summed E-state index contributed by atoms with van der Waals surface area (Å²) in [5, 5.41) is 5.04. The van der Waals surface area contributed by atoms with Gasteiger partial charge in [0.05, 0.1) is 32.8 Å². The normalized spacial score (nSPS) is 16.2. The van der Waals surface area contributed by atoms with Crippen LogP contribution in [0.1, 0.15) is 16.5 Å². The fourth-order valence-electron chi connectivity index (χ4n) is 3.06. The summed E-state index contributed by atoms with van der Waals surface area (Å²) >= 11 is 1.69. The average molecular weight is 378 g/mol. The van der Waals surface area contributed by atoms with Gasteiger partial charge in [0.25, 0.3) is 0 Å². The zero-order valence-electron chi connectivity index (χ0n) is 14.7. The first-order valence-electron chi connectivity index (χ1n) is 8.61. The van der Waals surface area contributed by atoms with E-state index in [-0.39, 0.29) is 24.1 Å². The predicted molar refractivity (Wildman–Crippen MR) is 99.1 cm³/mol. The van der Waals surface area contributed by atoms with E-state index < -0.39 is 5.82 Å². The van der Waals surface area contributed by atoms with E-state index in [4.69, 9.17) is 9.47 Å². The van der Waals surface area contributed by atoms with Crippen LogP contribution < -0.4 is 10.1 Å². The summed E-state index contributed by atoms with van der Waals surface area (Å²) in [4.78, 5) is 15.9. The fraction of sp³-hybridized carbons (Fsp3) is 0.421. The summed E-state index contributed by atoms with van der Waals surface area (Å²) < 4.78 is 24.1. The molecule has 0 saturated carbocycles. The Balaban J connectivity index is 1.59. The van der Waals surface area contributed by atoms with Crippen LogP contribution in [0.15, 0.2) is 35.7 Å². The summed E-state index contributed by atoms with van der Waals surface area (Å²) in [5.74, 6) is -0.397. The largest absolute Gasteiger partial charge is 0.494 e. The molecule has 1 saturated heterocycles. The zero-order valence-corrected chi connectivity index (χ0v) is 15.6.